The highest BCUT2D eigenvalue weighted by molar-refractivity contribution is 5.81. The van der Waals surface area contributed by atoms with Crippen molar-refractivity contribution in [1.29, 1.82) is 0 Å². The zero-order chi connectivity index (χ0) is 16.5. The lowest BCUT2D eigenvalue weighted by Crippen LogP contribution is -2.30. The molecule has 2 aromatic rings. The zero-order valence-electron chi connectivity index (χ0n) is 12.0. The van der Waals surface area contributed by atoms with Crippen LogP contribution in [-0.2, 0) is 21.1 Å². The smallest absolute Gasteiger partial charge is 0.417 e. The van der Waals surface area contributed by atoms with E-state index in [0.29, 0.717) is 0 Å². The van der Waals surface area contributed by atoms with Crippen molar-refractivity contribution in [3.8, 4) is 5.69 Å². The van der Waals surface area contributed by atoms with Crippen LogP contribution >= 0.6 is 0 Å². The Balaban J connectivity index is 2.39. The molecule has 2 aromatic heterocycles. The summed E-state index contributed by atoms with van der Waals surface area (Å²) in [5, 5.41) is 7.57. The minimum Gasteiger partial charge on any atom is -0.468 e. The minimum atomic E-state index is -4.50. The van der Waals surface area contributed by atoms with Crippen LogP contribution in [0.2, 0.25) is 0 Å². The molecular weight excluding hydrogens is 301 g/mol. The van der Waals surface area contributed by atoms with Crippen molar-refractivity contribution in [3.63, 3.8) is 0 Å². The van der Waals surface area contributed by atoms with Gasteiger partial charge in [-0.2, -0.15) is 13.2 Å². The number of carbonyl (C=O) groups is 1. The number of hydrogen-bond donors (Lipinski definition) is 0. The normalized spacial score (nSPS) is 12.3. The van der Waals surface area contributed by atoms with Crippen molar-refractivity contribution >= 4 is 5.97 Å². The number of alkyl halides is 3. The molecule has 9 heteroatoms. The molecule has 0 saturated carbocycles. The van der Waals surface area contributed by atoms with Gasteiger partial charge in [-0.15, -0.1) is 5.10 Å². The van der Waals surface area contributed by atoms with Gasteiger partial charge in [0.1, 0.15) is 5.41 Å². The highest BCUT2D eigenvalue weighted by Gasteiger charge is 2.34. The van der Waals surface area contributed by atoms with Gasteiger partial charge in [0.2, 0.25) is 0 Å². The van der Waals surface area contributed by atoms with Gasteiger partial charge in [0.05, 0.1) is 36.4 Å². The fourth-order valence-electron chi connectivity index (χ4n) is 1.74. The maximum absolute atomic E-state index is 12.7. The zero-order valence-corrected chi connectivity index (χ0v) is 12.0. The Morgan fingerprint density at radius 2 is 1.95 bits per heavy atom. The lowest BCUT2D eigenvalue weighted by molar-refractivity contribution is -0.146. The van der Waals surface area contributed by atoms with Gasteiger partial charge in [0, 0.05) is 6.20 Å². The summed E-state index contributed by atoms with van der Waals surface area (Å²) < 4.78 is 43.8. The molecule has 0 atom stereocenters. The van der Waals surface area contributed by atoms with E-state index in [4.69, 9.17) is 0 Å². The fourth-order valence-corrected chi connectivity index (χ4v) is 1.74. The summed E-state index contributed by atoms with van der Waals surface area (Å²) in [6.45, 7) is 3.16. The summed E-state index contributed by atoms with van der Waals surface area (Å²) in [5.74, 6) is -0.526. The molecule has 2 heterocycles. The standard InChI is InChI=1S/C13H13F3N4O2/c1-12(2,11(21)22-3)10-7-20(19-18-10)9-4-8(5-17-6-9)13(14,15)16/h4-7H,1-3H3. The number of aromatic nitrogens is 4. The molecule has 6 nitrogen and oxygen atoms in total. The van der Waals surface area contributed by atoms with Gasteiger partial charge in [-0.25, -0.2) is 4.68 Å². The second kappa shape index (κ2) is 5.39. The van der Waals surface area contributed by atoms with E-state index in [1.807, 2.05) is 0 Å². The Bertz CT molecular complexity index is 695. The van der Waals surface area contributed by atoms with Crippen LogP contribution in [0, 0.1) is 0 Å². The van der Waals surface area contributed by atoms with Gasteiger partial charge < -0.3 is 4.74 Å². The van der Waals surface area contributed by atoms with Gasteiger partial charge in [-0.3, -0.25) is 9.78 Å². The van der Waals surface area contributed by atoms with E-state index in [1.165, 1.54) is 19.5 Å². The van der Waals surface area contributed by atoms with E-state index in [0.717, 1.165) is 16.9 Å². The molecule has 0 spiro atoms. The van der Waals surface area contributed by atoms with Crippen LogP contribution in [0.15, 0.2) is 24.7 Å². The molecule has 0 radical (unpaired) electrons. The third-order valence-electron chi connectivity index (χ3n) is 3.15. The molecule has 0 N–H and O–H groups in total. The van der Waals surface area contributed by atoms with Crippen molar-refractivity contribution in [2.24, 2.45) is 0 Å². The van der Waals surface area contributed by atoms with Crippen LogP contribution in [-0.4, -0.2) is 33.1 Å². The van der Waals surface area contributed by atoms with Crippen LogP contribution in [0.5, 0.6) is 0 Å². The Morgan fingerprint density at radius 3 is 2.55 bits per heavy atom. The van der Waals surface area contributed by atoms with E-state index >= 15 is 0 Å². The van der Waals surface area contributed by atoms with Crippen LogP contribution in [0.3, 0.4) is 0 Å². The van der Waals surface area contributed by atoms with Gasteiger partial charge in [-0.05, 0) is 19.9 Å². The number of carbonyl (C=O) groups excluding carboxylic acids is 1. The second-order valence-electron chi connectivity index (χ2n) is 5.09. The summed E-state index contributed by atoms with van der Waals surface area (Å²) in [4.78, 5) is 15.3. The second-order valence-corrected chi connectivity index (χ2v) is 5.09. The number of nitrogens with zero attached hydrogens (tertiary/aromatic N) is 4. The van der Waals surface area contributed by atoms with E-state index in [9.17, 15) is 18.0 Å². The van der Waals surface area contributed by atoms with E-state index < -0.39 is 23.1 Å². The Hall–Kier alpha value is -2.45. The molecule has 0 saturated heterocycles. The molecular formula is C13H13F3N4O2. The molecule has 2 rings (SSSR count). The first-order valence-electron chi connectivity index (χ1n) is 6.20. The molecule has 0 amide bonds. The highest BCUT2D eigenvalue weighted by Crippen LogP contribution is 2.30. The summed E-state index contributed by atoms with van der Waals surface area (Å²) in [6.07, 6.45) is -1.19. The van der Waals surface area contributed by atoms with E-state index in [1.54, 1.807) is 13.8 Å². The van der Waals surface area contributed by atoms with Crippen molar-refractivity contribution < 1.29 is 22.7 Å². The van der Waals surface area contributed by atoms with Gasteiger partial charge in [0.25, 0.3) is 0 Å². The Morgan fingerprint density at radius 1 is 1.27 bits per heavy atom. The summed E-state index contributed by atoms with van der Waals surface area (Å²) in [5.41, 5.74) is -1.59. The quantitative estimate of drug-likeness (QED) is 0.812. The predicted octanol–water partition coefficient (Wildman–Crippen LogP) is 2.13. The number of esters is 1. The molecule has 0 aromatic carbocycles. The van der Waals surface area contributed by atoms with Crippen LogP contribution < -0.4 is 0 Å². The molecule has 0 unspecified atom stereocenters. The SMILES string of the molecule is COC(=O)C(C)(C)c1cn(-c2cncc(C(F)(F)F)c2)nn1. The molecule has 0 bridgehead atoms. The maximum Gasteiger partial charge on any atom is 0.417 e. The van der Waals surface area contributed by atoms with E-state index in [-0.39, 0.29) is 11.4 Å². The Kier molecular flexibility index (Phi) is 3.90. The molecule has 0 aliphatic rings. The number of methoxy groups -OCH3 is 1. The van der Waals surface area contributed by atoms with Gasteiger partial charge in [-0.1, -0.05) is 5.21 Å². The monoisotopic (exact) mass is 314 g/mol. The topological polar surface area (TPSA) is 69.9 Å². The van der Waals surface area contributed by atoms with Crippen molar-refractivity contribution in [2.45, 2.75) is 25.4 Å². The molecule has 0 aliphatic heterocycles. The lowest BCUT2D eigenvalue weighted by Gasteiger charge is -2.17. The minimum absolute atomic E-state index is 0.0919. The Labute approximate surface area is 123 Å². The van der Waals surface area contributed by atoms with Crippen molar-refractivity contribution in [2.75, 3.05) is 7.11 Å². The fraction of sp³-hybridized carbons (Fsp3) is 0.385. The van der Waals surface area contributed by atoms with Crippen molar-refractivity contribution in [1.82, 2.24) is 20.0 Å². The van der Waals surface area contributed by atoms with Gasteiger partial charge >= 0.3 is 12.1 Å². The summed E-state index contributed by atoms with van der Waals surface area (Å²) >= 11 is 0. The number of hydrogen-bond acceptors (Lipinski definition) is 5. The maximum atomic E-state index is 12.7. The van der Waals surface area contributed by atoms with Crippen LogP contribution in [0.1, 0.15) is 25.1 Å². The van der Waals surface area contributed by atoms with Crippen LogP contribution in [0.4, 0.5) is 13.2 Å². The lowest BCUT2D eigenvalue weighted by atomic mass is 9.90. The molecule has 118 valence electrons. The molecule has 0 fully saturated rings. The third kappa shape index (κ3) is 2.92. The highest BCUT2D eigenvalue weighted by atomic mass is 19.4. The molecule has 22 heavy (non-hydrogen) atoms. The summed E-state index contributed by atoms with van der Waals surface area (Å²) in [7, 11) is 1.24. The number of rotatable bonds is 3. The van der Waals surface area contributed by atoms with Crippen LogP contribution in [0.25, 0.3) is 5.69 Å². The number of ether oxygens (including phenoxy) is 1. The first kappa shape index (κ1) is 15.9. The van der Waals surface area contributed by atoms with Gasteiger partial charge in [0.15, 0.2) is 0 Å². The first-order valence-corrected chi connectivity index (χ1v) is 6.20. The third-order valence-corrected chi connectivity index (χ3v) is 3.15. The number of halogens is 3. The first-order chi connectivity index (χ1) is 10.2. The number of pyridine rings is 1. The average Bonchev–Trinajstić information content (AvgIpc) is 2.96. The molecule has 0 aliphatic carbocycles. The predicted molar refractivity (Wildman–Crippen MR) is 69.2 cm³/mol. The van der Waals surface area contributed by atoms with E-state index in [2.05, 4.69) is 20.0 Å². The summed E-state index contributed by atoms with van der Waals surface area (Å²) in [6, 6.07) is 0.899. The van der Waals surface area contributed by atoms with Crippen molar-refractivity contribution in [3.05, 3.63) is 35.9 Å². The largest absolute Gasteiger partial charge is 0.468 e. The average molecular weight is 314 g/mol.